The zero-order chi connectivity index (χ0) is 17.5. The smallest absolute Gasteiger partial charge is 0.330 e. The number of halogens is 1. The molecule has 1 fully saturated rings. The van der Waals surface area contributed by atoms with Crippen LogP contribution in [0.4, 0.5) is 0 Å². The molecule has 3 heterocycles. The fraction of sp³-hybridized carbons (Fsp3) is 0.600. The molecule has 1 saturated heterocycles. The van der Waals surface area contributed by atoms with Crippen molar-refractivity contribution in [3.05, 3.63) is 22.0 Å². The monoisotopic (exact) mass is 353 g/mol. The van der Waals surface area contributed by atoms with Crippen LogP contribution in [0.2, 0.25) is 5.28 Å². The third-order valence-corrected chi connectivity index (χ3v) is 4.16. The molecule has 0 saturated carbocycles. The van der Waals surface area contributed by atoms with Crippen LogP contribution >= 0.6 is 11.6 Å². The predicted octanol–water partition coefficient (Wildman–Crippen LogP) is 1.91. The summed E-state index contributed by atoms with van der Waals surface area (Å²) in [6, 6.07) is -0.154. The molecule has 24 heavy (non-hydrogen) atoms. The van der Waals surface area contributed by atoms with E-state index in [-0.39, 0.29) is 23.0 Å². The summed E-state index contributed by atoms with van der Waals surface area (Å²) < 4.78 is 1.57. The van der Waals surface area contributed by atoms with Gasteiger partial charge >= 0.3 is 11.7 Å². The van der Waals surface area contributed by atoms with Gasteiger partial charge in [0.2, 0.25) is 5.28 Å². The summed E-state index contributed by atoms with van der Waals surface area (Å²) in [6.45, 7) is 6.49. The molecule has 1 atom stereocenters. The lowest BCUT2D eigenvalue weighted by Gasteiger charge is -2.33. The minimum Gasteiger partial charge on any atom is -0.367 e. The molecule has 0 spiro atoms. The number of carbonyl (C=O) groups is 1. The maximum absolute atomic E-state index is 12.3. The van der Waals surface area contributed by atoms with E-state index >= 15 is 0 Å². The van der Waals surface area contributed by atoms with Gasteiger partial charge in [0.05, 0.1) is 24.2 Å². The molecule has 0 aromatic carbocycles. The Hall–Kier alpha value is -1.93. The molecular weight excluding hydrogens is 334 g/mol. The number of hydroxylamine groups is 2. The van der Waals surface area contributed by atoms with Gasteiger partial charge in [-0.3, -0.25) is 4.57 Å². The van der Waals surface area contributed by atoms with E-state index in [0.717, 1.165) is 12.8 Å². The molecule has 130 valence electrons. The van der Waals surface area contributed by atoms with Crippen LogP contribution in [-0.2, 0) is 9.63 Å². The highest BCUT2D eigenvalue weighted by Gasteiger charge is 2.30. The Morgan fingerprint density at radius 3 is 2.92 bits per heavy atom. The van der Waals surface area contributed by atoms with Crippen molar-refractivity contribution in [2.75, 3.05) is 13.1 Å². The summed E-state index contributed by atoms with van der Waals surface area (Å²) >= 11 is 5.86. The summed E-state index contributed by atoms with van der Waals surface area (Å²) in [5.41, 5.74) is 0.156. The molecule has 0 aliphatic carbocycles. The number of aromatic amines is 1. The van der Waals surface area contributed by atoms with Gasteiger partial charge < -0.3 is 9.82 Å². The third-order valence-electron chi connectivity index (χ3n) is 3.98. The van der Waals surface area contributed by atoms with E-state index in [9.17, 15) is 9.59 Å². The number of carbonyl (C=O) groups excluding carboxylic acids is 1. The van der Waals surface area contributed by atoms with Gasteiger partial charge in [-0.25, -0.2) is 14.6 Å². The lowest BCUT2D eigenvalue weighted by atomic mass is 9.98. The zero-order valence-electron chi connectivity index (χ0n) is 13.9. The quantitative estimate of drug-likeness (QED) is 0.829. The number of hydrogen-bond donors (Lipinski definition) is 1. The molecule has 0 radical (unpaired) electrons. The minimum absolute atomic E-state index is 0.0853. The Balaban J connectivity index is 1.85. The number of piperidine rings is 1. The Kier molecular flexibility index (Phi) is 4.35. The molecule has 2 aromatic heterocycles. The van der Waals surface area contributed by atoms with E-state index in [4.69, 9.17) is 16.4 Å². The predicted molar refractivity (Wildman–Crippen MR) is 88.5 cm³/mol. The number of hydrogen-bond acceptors (Lipinski definition) is 6. The summed E-state index contributed by atoms with van der Waals surface area (Å²) in [4.78, 5) is 40.6. The molecule has 0 amide bonds. The fourth-order valence-corrected chi connectivity index (χ4v) is 2.83. The van der Waals surface area contributed by atoms with Crippen molar-refractivity contribution in [2.45, 2.75) is 39.7 Å². The normalized spacial score (nSPS) is 19.6. The van der Waals surface area contributed by atoms with E-state index in [0.29, 0.717) is 24.3 Å². The van der Waals surface area contributed by atoms with Crippen LogP contribution in [0.25, 0.3) is 11.2 Å². The number of nitrogens with one attached hydrogen (secondary N) is 1. The maximum Gasteiger partial charge on any atom is 0.330 e. The summed E-state index contributed by atoms with van der Waals surface area (Å²) in [7, 11) is 0. The first-order valence-corrected chi connectivity index (χ1v) is 8.23. The summed E-state index contributed by atoms with van der Waals surface area (Å²) in [5, 5.41) is 1.71. The summed E-state index contributed by atoms with van der Waals surface area (Å²) in [6.07, 6.45) is 3.08. The van der Waals surface area contributed by atoms with E-state index in [1.54, 1.807) is 30.4 Å². The van der Waals surface area contributed by atoms with Gasteiger partial charge in [-0.1, -0.05) is 0 Å². The molecule has 0 bridgehead atoms. The van der Waals surface area contributed by atoms with Crippen molar-refractivity contribution in [3.8, 4) is 0 Å². The highest BCUT2D eigenvalue weighted by molar-refractivity contribution is 6.28. The van der Waals surface area contributed by atoms with Crippen molar-refractivity contribution < 1.29 is 9.63 Å². The number of fused-ring (bicyclic) bond motifs is 1. The molecule has 1 aliphatic rings. The molecule has 2 aromatic rings. The largest absolute Gasteiger partial charge is 0.367 e. The number of H-pyrrole nitrogens is 1. The Morgan fingerprint density at radius 1 is 1.46 bits per heavy atom. The lowest BCUT2D eigenvalue weighted by Crippen LogP contribution is -2.42. The molecule has 1 N–H and O–H groups in total. The van der Waals surface area contributed by atoms with Crippen LogP contribution in [0.1, 0.15) is 39.7 Å². The highest BCUT2D eigenvalue weighted by Crippen LogP contribution is 2.25. The highest BCUT2D eigenvalue weighted by atomic mass is 35.5. The Morgan fingerprint density at radius 2 is 2.21 bits per heavy atom. The number of aromatic nitrogens is 4. The van der Waals surface area contributed by atoms with Gasteiger partial charge in [0.25, 0.3) is 0 Å². The number of nitrogens with zero attached hydrogens (tertiary/aromatic N) is 4. The van der Waals surface area contributed by atoms with Crippen molar-refractivity contribution in [1.29, 1.82) is 0 Å². The molecule has 0 unspecified atom stereocenters. The summed E-state index contributed by atoms with van der Waals surface area (Å²) in [5.74, 6) is -0.292. The van der Waals surface area contributed by atoms with Gasteiger partial charge in [-0.15, -0.1) is 5.06 Å². The Labute approximate surface area is 143 Å². The number of imidazole rings is 1. The van der Waals surface area contributed by atoms with E-state index in [1.807, 2.05) is 0 Å². The van der Waals surface area contributed by atoms with E-state index < -0.39 is 5.41 Å². The lowest BCUT2D eigenvalue weighted by molar-refractivity contribution is -0.206. The van der Waals surface area contributed by atoms with Crippen molar-refractivity contribution in [3.63, 3.8) is 0 Å². The first kappa shape index (κ1) is 16.9. The first-order valence-electron chi connectivity index (χ1n) is 7.86. The molecule has 1 aliphatic heterocycles. The van der Waals surface area contributed by atoms with Crippen molar-refractivity contribution >= 4 is 28.7 Å². The third kappa shape index (κ3) is 3.29. The second-order valence-corrected chi connectivity index (χ2v) is 7.33. The van der Waals surface area contributed by atoms with Gasteiger partial charge in [-0.05, 0) is 45.2 Å². The van der Waals surface area contributed by atoms with Crippen LogP contribution < -0.4 is 5.69 Å². The van der Waals surface area contributed by atoms with Gasteiger partial charge in [0.1, 0.15) is 5.52 Å². The second-order valence-electron chi connectivity index (χ2n) is 6.99. The van der Waals surface area contributed by atoms with Crippen LogP contribution in [-0.4, -0.2) is 43.6 Å². The van der Waals surface area contributed by atoms with E-state index in [1.165, 1.54) is 6.20 Å². The standard InChI is InChI=1S/C15H20ClN5O3/c1-15(2,3)12(22)24-20-6-4-5-9(8-20)21-11-10(18-14(21)23)7-17-13(16)19-11/h7,9H,4-6,8H2,1-3H3,(H,18,23)/t9-/m1/s1. The van der Waals surface area contributed by atoms with Crippen molar-refractivity contribution in [2.24, 2.45) is 5.41 Å². The van der Waals surface area contributed by atoms with E-state index in [2.05, 4.69) is 15.0 Å². The Bertz CT molecular complexity index is 823. The van der Waals surface area contributed by atoms with Gasteiger partial charge in [0.15, 0.2) is 5.65 Å². The molecule has 9 heteroatoms. The molecule has 8 nitrogen and oxygen atoms in total. The van der Waals surface area contributed by atoms with Crippen LogP contribution in [0.15, 0.2) is 11.0 Å². The number of rotatable bonds is 2. The van der Waals surface area contributed by atoms with Gasteiger partial charge in [0, 0.05) is 6.54 Å². The van der Waals surface area contributed by atoms with Crippen molar-refractivity contribution in [1.82, 2.24) is 24.6 Å². The van der Waals surface area contributed by atoms with Crippen LogP contribution in [0, 0.1) is 5.41 Å². The first-order chi connectivity index (χ1) is 11.3. The van der Waals surface area contributed by atoms with Crippen LogP contribution in [0.5, 0.6) is 0 Å². The topological polar surface area (TPSA) is 93.1 Å². The zero-order valence-corrected chi connectivity index (χ0v) is 14.6. The average Bonchev–Trinajstić information content (AvgIpc) is 2.81. The maximum atomic E-state index is 12.3. The SMILES string of the molecule is CC(C)(C)C(=O)ON1CCC[C@@H](n2c(=O)[nH]c3cnc(Cl)nc32)C1. The molecule has 3 rings (SSSR count). The second kappa shape index (κ2) is 6.18. The minimum atomic E-state index is -0.578. The van der Waals surface area contributed by atoms with Crippen LogP contribution in [0.3, 0.4) is 0 Å². The molecular formula is C15H20ClN5O3. The van der Waals surface area contributed by atoms with Gasteiger partial charge in [-0.2, -0.15) is 4.98 Å². The average molecular weight is 354 g/mol. The fourth-order valence-electron chi connectivity index (χ4n) is 2.70.